The van der Waals surface area contributed by atoms with Crippen LogP contribution in [0.25, 0.3) is 22.7 Å². The van der Waals surface area contributed by atoms with Crippen LogP contribution in [-0.4, -0.2) is 73.5 Å². The fourth-order valence-corrected chi connectivity index (χ4v) is 16.2. The molecule has 0 radical (unpaired) electrons. The summed E-state index contributed by atoms with van der Waals surface area (Å²) < 4.78 is 186. The number of aromatic hydroxyl groups is 2. The van der Waals surface area contributed by atoms with Gasteiger partial charge in [-0.05, 0) is 280 Å². The van der Waals surface area contributed by atoms with Crippen molar-refractivity contribution in [3.8, 4) is 126 Å². The molecule has 5 aromatic heterocycles. The molecule has 19 aromatic rings. The Hall–Kier alpha value is -14.4. The van der Waals surface area contributed by atoms with Gasteiger partial charge in [-0.1, -0.05) is 68.9 Å². The van der Waals surface area contributed by atoms with E-state index in [1.807, 2.05) is 129 Å². The minimum Gasteiger partial charge on any atom is -1.00 e. The van der Waals surface area contributed by atoms with Gasteiger partial charge in [0.1, 0.15) is 169 Å². The van der Waals surface area contributed by atoms with Crippen molar-refractivity contribution in [2.45, 2.75) is 0 Å². The van der Waals surface area contributed by atoms with E-state index in [-0.39, 0.29) is 115 Å². The van der Waals surface area contributed by atoms with Crippen molar-refractivity contribution in [3.05, 3.63) is 412 Å². The Balaban J connectivity index is 0.000000137. The maximum Gasteiger partial charge on any atom is 0.260 e. The number of rotatable bonds is 8. The van der Waals surface area contributed by atoms with Crippen LogP contribution >= 0.6 is 46.3 Å². The summed E-state index contributed by atoms with van der Waals surface area (Å²) in [5, 5.41) is 17.3. The number of halogens is 15. The summed E-state index contributed by atoms with van der Waals surface area (Å²) in [6.45, 7) is -0.275. The second-order valence-corrected chi connectivity index (χ2v) is 34.2. The summed E-state index contributed by atoms with van der Waals surface area (Å²) in [7, 11) is -6.61. The quantitative estimate of drug-likeness (QED) is 0.0277. The number of aromatic nitrogens is 10. The molecular weight excluding hydrogens is 2270 g/mol. The zero-order valence-corrected chi connectivity index (χ0v) is 83.5. The molecule has 0 spiro atoms. The maximum atomic E-state index is 13.8. The van der Waals surface area contributed by atoms with Gasteiger partial charge in [0.15, 0.2) is 0 Å². The summed E-state index contributed by atoms with van der Waals surface area (Å²) in [6.07, 6.45) is 28.5. The Morgan fingerprint density at radius 1 is 0.345 bits per heavy atom. The molecule has 720 valence electrons. The summed E-state index contributed by atoms with van der Waals surface area (Å²) in [4.78, 5) is 16.8. The average Bonchev–Trinajstić information content (AvgIpc) is 1.27. The molecule has 6 N–H and O–H groups in total. The molecule has 6 aliphatic heterocycles. The summed E-state index contributed by atoms with van der Waals surface area (Å²) in [5.41, 5.74) is 13.1. The van der Waals surface area contributed by atoms with Crippen LogP contribution in [0.4, 0.5) is 47.1 Å². The zero-order chi connectivity index (χ0) is 97.3. The van der Waals surface area contributed by atoms with Crippen LogP contribution in [0.1, 0.15) is 0 Å². The molecular formula is C102H77B3BrF11I3N11O10P-. The van der Waals surface area contributed by atoms with Gasteiger partial charge >= 0.3 is 33.0 Å². The van der Waals surface area contributed by atoms with Crippen LogP contribution in [-0.2, 0) is 14.1 Å². The molecule has 14 aromatic carbocycles. The molecule has 40 heteroatoms. The Labute approximate surface area is 862 Å². The van der Waals surface area contributed by atoms with Gasteiger partial charge in [0, 0.05) is 81.5 Å². The third-order valence-electron chi connectivity index (χ3n) is 21.7. The van der Waals surface area contributed by atoms with Gasteiger partial charge in [-0.25, -0.2) is 55.2 Å². The molecule has 21 nitrogen and oxygen atoms in total. The molecule has 0 saturated carbocycles. The number of nitrogens with zero attached hydrogens (tertiary/aromatic N) is 9. The van der Waals surface area contributed by atoms with Crippen LogP contribution in [0.5, 0.6) is 103 Å². The first-order chi connectivity index (χ1) is 66.9. The molecule has 6 aliphatic rings. The molecule has 0 unspecified atom stereocenters. The number of benzene rings is 14. The van der Waals surface area contributed by atoms with Crippen molar-refractivity contribution in [2.24, 2.45) is 14.1 Å². The Kier molecular flexibility index (Phi) is 32.2. The standard InChI is InChI=1S/C26H21BN4O2.C24H15BN4O2.C18H9BF2O2.C18H12F2O2.C6H4BrF.C6H6O2.C3H4N2.CH3I.F6P.2HI.H3N/c1-28-10-12-30(16-28)18-6-8-22-20(14-18)27-21-15-19(31-13-11-29(2)17-31)7-9-23(21)33-25-5-3-4-24(32-22)26(25)27;1-2-22-24-23(3-1)31-21-7-5-17(29-11-9-27-15-29)13-19(21)25(24)18-12-16(4-6-20(18)30-22)28-10-8-26-14-28;20-10-4-6-14-12(8-10)19-13-9-11(21)5-7-15(13)23-17-3-1-2-16(22-14)18(17)19;19-13-4-8-15(9-5-13)21-17-2-1-3-18(12-17)22-16-10-6-14(20)7-11-16;7-5-1-3-6(8)4-2-5;7-5-2-1-3-6(8)4-5;1-2-5-3-4-1;1-2;1-7(2,3,4,5)6;;;/h3-17H,1-2H3;1-15H;1-9H;1-12H;1-4H;1-4,7-8H;1-3H,(H,4,5);1H3;;2*1H;1H3/q+2;;;;;;;;-1;;;/p-2. The predicted octanol–water partition coefficient (Wildman–Crippen LogP) is 15.4. The molecule has 25 rings (SSSR count). The smallest absolute Gasteiger partial charge is 0.260 e. The Morgan fingerprint density at radius 3 is 0.908 bits per heavy atom. The van der Waals surface area contributed by atoms with E-state index >= 15 is 0 Å². The van der Waals surface area contributed by atoms with Gasteiger partial charge in [0.25, 0.3) is 20.1 Å². The molecule has 11 heterocycles. The summed E-state index contributed by atoms with van der Waals surface area (Å²) in [5.74, 6) is 10.2. The fourth-order valence-electron chi connectivity index (χ4n) is 15.9. The predicted molar refractivity (Wildman–Crippen MR) is 528 cm³/mol. The average molecular weight is 2350 g/mol. The van der Waals surface area contributed by atoms with E-state index in [1.165, 1.54) is 78.9 Å². The third kappa shape index (κ3) is 25.5. The van der Waals surface area contributed by atoms with Crippen LogP contribution in [0.2, 0.25) is 0 Å². The molecule has 0 aliphatic carbocycles. The van der Waals surface area contributed by atoms with E-state index < -0.39 is 7.81 Å². The van der Waals surface area contributed by atoms with Gasteiger partial charge in [-0.2, -0.15) is 0 Å². The van der Waals surface area contributed by atoms with E-state index in [4.69, 9.17) is 48.1 Å². The van der Waals surface area contributed by atoms with Crippen molar-refractivity contribution in [1.29, 1.82) is 0 Å². The van der Waals surface area contributed by atoms with Gasteiger partial charge in [0.05, 0.1) is 33.1 Å². The van der Waals surface area contributed by atoms with Crippen LogP contribution in [0.15, 0.2) is 383 Å². The minimum atomic E-state index is -10.7. The number of H-pyrrole nitrogens is 1. The number of hydrogen-bond donors (Lipinski definition) is 4. The number of aromatic amines is 1. The van der Waals surface area contributed by atoms with Crippen molar-refractivity contribution in [1.82, 2.24) is 44.4 Å². The molecule has 0 saturated heterocycles. The monoisotopic (exact) mass is 2350 g/mol. The number of alkyl halides is 1. The fraction of sp³-hybridized carbons (Fsp3) is 0.0294. The minimum absolute atomic E-state index is 0. The maximum absolute atomic E-state index is 13.8. The van der Waals surface area contributed by atoms with E-state index in [9.17, 15) is 47.1 Å². The van der Waals surface area contributed by atoms with E-state index in [0.717, 1.165) is 111 Å². The third-order valence-corrected chi connectivity index (χ3v) is 22.3. The first-order valence-corrected chi connectivity index (χ1v) is 47.3. The van der Waals surface area contributed by atoms with Crippen molar-refractivity contribution in [3.63, 3.8) is 0 Å². The number of aryl methyl sites for hydroxylation is 2. The topological polar surface area (TPSA) is 231 Å². The molecule has 142 heavy (non-hydrogen) atoms. The normalized spacial score (nSPS) is 12.1. The number of nitrogens with one attached hydrogen (secondary N) is 1. The number of phenols is 2. The SMILES string of the molecule is CI.C[n+]1ccn(-c2ccc3c(c2)B2c4cc(-n5cc[n+](C)c5)ccc4Oc4cccc(c42)O3)c1.F[P-](F)(F)(F)(F)F.Fc1ccc(Br)cc1.Fc1ccc(Oc2cccc(Oc3ccc(F)cc3)c2)cc1.Fc1ccc2c(c1)B1c3cc(F)ccc3Oc3cccc(c31)O2.N.Oc1cccc(O)c1.[I-].[I-].c1c[nH]cn1.c1cc2c3c(c1)Oc1ccc(-n4ccnc4)cc1B3c1cc(-n3ccnc3)ccc1O2. The zero-order valence-electron chi connectivity index (χ0n) is 74.5. The van der Waals surface area contributed by atoms with Gasteiger partial charge in [0.2, 0.25) is 12.7 Å². The van der Waals surface area contributed by atoms with Crippen molar-refractivity contribution < 1.29 is 152 Å². The second-order valence-electron chi connectivity index (χ2n) is 31.3. The van der Waals surface area contributed by atoms with Gasteiger partial charge in [-0.3, -0.25) is 0 Å². The molecule has 0 fully saturated rings. The summed E-state index contributed by atoms with van der Waals surface area (Å²) >= 11 is 5.33. The summed E-state index contributed by atoms with van der Waals surface area (Å²) in [6, 6.07) is 82.2. The van der Waals surface area contributed by atoms with Crippen molar-refractivity contribution in [2.75, 3.05) is 4.93 Å². The molecule has 0 amide bonds. The second kappa shape index (κ2) is 44.2. The van der Waals surface area contributed by atoms with E-state index in [0.29, 0.717) is 56.9 Å². The molecule has 0 bridgehead atoms. The molecule has 0 atom stereocenters. The largest absolute Gasteiger partial charge is 1.00 e. The van der Waals surface area contributed by atoms with Crippen LogP contribution < -0.4 is 150 Å². The van der Waals surface area contributed by atoms with Crippen LogP contribution in [0.3, 0.4) is 0 Å². The van der Waals surface area contributed by atoms with E-state index in [2.05, 4.69) is 153 Å². The number of imidazole rings is 5. The Morgan fingerprint density at radius 2 is 0.641 bits per heavy atom. The van der Waals surface area contributed by atoms with Crippen LogP contribution in [0, 0.1) is 29.1 Å². The first kappa shape index (κ1) is 103. The number of fused-ring (bicyclic) bond motifs is 12. The van der Waals surface area contributed by atoms with E-state index in [1.54, 1.807) is 123 Å². The first-order valence-electron chi connectivity index (χ1n) is 42.3. The number of hydrogen-bond acceptors (Lipinski definition) is 14. The van der Waals surface area contributed by atoms with Crippen molar-refractivity contribution >= 4 is 116 Å². The van der Waals surface area contributed by atoms with Gasteiger partial charge < -0.3 is 116 Å². The van der Waals surface area contributed by atoms with Gasteiger partial charge in [-0.15, -0.1) is 0 Å². The Bertz CT molecular complexity index is 7220. The number of phenolic OH excluding ortho intramolecular Hbond substituents is 2. The number of ether oxygens (including phenoxy) is 8.